The molecule has 9 heteroatoms. The minimum atomic E-state index is -4.78. The van der Waals surface area contributed by atoms with Gasteiger partial charge in [0.2, 0.25) is 0 Å². The van der Waals surface area contributed by atoms with E-state index in [1.54, 1.807) is 12.1 Å². The molecule has 8 nitrogen and oxygen atoms in total. The minimum absolute atomic E-state index is 0.0379. The number of benzene rings is 2. The normalized spacial score (nSPS) is 17.0. The van der Waals surface area contributed by atoms with Crippen molar-refractivity contribution in [3.8, 4) is 23.0 Å². The van der Waals surface area contributed by atoms with E-state index in [1.165, 1.54) is 12.1 Å². The Bertz CT molecular complexity index is 902. The highest BCUT2D eigenvalue weighted by molar-refractivity contribution is 7.81. The van der Waals surface area contributed by atoms with E-state index in [0.717, 1.165) is 12.1 Å². The molecule has 3 N–H and O–H groups in total. The molecule has 1 unspecified atom stereocenters. The van der Waals surface area contributed by atoms with Crippen LogP contribution < -0.4 is 8.92 Å². The van der Waals surface area contributed by atoms with Crippen LogP contribution in [-0.4, -0.2) is 29.0 Å². The largest absolute Gasteiger partial charge is 0.508 e. The van der Waals surface area contributed by atoms with Gasteiger partial charge < -0.3 is 19.1 Å². The van der Waals surface area contributed by atoms with Crippen molar-refractivity contribution in [1.82, 2.24) is 0 Å². The van der Waals surface area contributed by atoms with Crippen LogP contribution in [0.15, 0.2) is 36.4 Å². The highest BCUT2D eigenvalue weighted by Crippen LogP contribution is 2.42. The van der Waals surface area contributed by atoms with E-state index in [9.17, 15) is 23.4 Å². The number of phenols is 2. The fourth-order valence-corrected chi connectivity index (χ4v) is 2.80. The summed E-state index contributed by atoms with van der Waals surface area (Å²) in [6.45, 7) is 0. The van der Waals surface area contributed by atoms with Gasteiger partial charge in [-0.2, -0.15) is 8.42 Å². The number of carbonyl (C=O) groups is 1. The van der Waals surface area contributed by atoms with Crippen molar-refractivity contribution in [2.75, 3.05) is 0 Å². The highest BCUT2D eigenvalue weighted by Gasteiger charge is 2.31. The molecule has 0 aliphatic carbocycles. The van der Waals surface area contributed by atoms with E-state index in [0.29, 0.717) is 5.56 Å². The molecular weight excluding hydrogens is 340 g/mol. The van der Waals surface area contributed by atoms with Gasteiger partial charge in [0.05, 0.1) is 6.42 Å². The van der Waals surface area contributed by atoms with E-state index < -0.39 is 33.8 Å². The summed E-state index contributed by atoms with van der Waals surface area (Å²) in [4.78, 5) is 12.3. The number of Topliss-reactive ketones (excluding diaryl/α,β-unsaturated/α-hetero) is 1. The average molecular weight is 352 g/mol. The van der Waals surface area contributed by atoms with Crippen LogP contribution in [0.5, 0.6) is 23.0 Å². The number of fused-ring (bicyclic) bond motifs is 1. The summed E-state index contributed by atoms with van der Waals surface area (Å²) in [6, 6.07) is 8.03. The maximum absolute atomic E-state index is 12.3. The third-order valence-electron chi connectivity index (χ3n) is 3.44. The van der Waals surface area contributed by atoms with Crippen molar-refractivity contribution < 1.29 is 36.9 Å². The van der Waals surface area contributed by atoms with Crippen LogP contribution in [0.2, 0.25) is 0 Å². The summed E-state index contributed by atoms with van der Waals surface area (Å²) in [7, 11) is -4.78. The van der Waals surface area contributed by atoms with Gasteiger partial charge in [-0.15, -0.1) is 0 Å². The van der Waals surface area contributed by atoms with Crippen molar-refractivity contribution in [3.63, 3.8) is 0 Å². The van der Waals surface area contributed by atoms with Crippen LogP contribution >= 0.6 is 0 Å². The van der Waals surface area contributed by atoms with Crippen LogP contribution in [0, 0.1) is 0 Å². The summed E-state index contributed by atoms with van der Waals surface area (Å²) in [6.07, 6.45) is -0.713. The lowest BCUT2D eigenvalue weighted by molar-refractivity contribution is 0.0845. The Kier molecular flexibility index (Phi) is 3.82. The molecule has 3 rings (SSSR count). The molecule has 1 aliphatic heterocycles. The van der Waals surface area contributed by atoms with Gasteiger partial charge in [-0.05, 0) is 17.7 Å². The van der Waals surface area contributed by atoms with Gasteiger partial charge >= 0.3 is 10.4 Å². The molecular formula is C15H12O8S. The standard InChI is InChI=1S/C15H12O8S/c16-9-3-1-8(2-4-9)13-7-12(18)15-11(17)5-10(6-14(15)22-13)23-24(19,20)21/h1-6,13,16-17H,7H2,(H,19,20,21). The van der Waals surface area contributed by atoms with E-state index >= 15 is 0 Å². The fourth-order valence-electron chi connectivity index (χ4n) is 2.46. The summed E-state index contributed by atoms with van der Waals surface area (Å²) >= 11 is 0. The summed E-state index contributed by atoms with van der Waals surface area (Å²) in [5.74, 6) is -1.32. The van der Waals surface area contributed by atoms with Crippen LogP contribution in [0.1, 0.15) is 28.4 Å². The molecule has 2 aromatic rings. The number of hydrogen-bond acceptors (Lipinski definition) is 7. The maximum atomic E-state index is 12.3. The van der Waals surface area contributed by atoms with Gasteiger partial charge in [0.15, 0.2) is 11.5 Å². The predicted molar refractivity (Wildman–Crippen MR) is 80.7 cm³/mol. The number of aromatic hydroxyl groups is 2. The van der Waals surface area contributed by atoms with Crippen LogP contribution in [0.25, 0.3) is 0 Å². The van der Waals surface area contributed by atoms with Gasteiger partial charge in [0, 0.05) is 12.1 Å². The Morgan fingerprint density at radius 1 is 1.12 bits per heavy atom. The SMILES string of the molecule is O=C1CC(c2ccc(O)cc2)Oc2cc(OS(=O)(=O)O)cc(O)c21. The number of ether oxygens (including phenoxy) is 1. The van der Waals surface area contributed by atoms with Crippen molar-refractivity contribution in [3.05, 3.63) is 47.5 Å². The minimum Gasteiger partial charge on any atom is -0.508 e. The van der Waals surface area contributed by atoms with Crippen LogP contribution in [0.3, 0.4) is 0 Å². The quantitative estimate of drug-likeness (QED) is 0.715. The first kappa shape index (κ1) is 16.1. The van der Waals surface area contributed by atoms with Gasteiger partial charge in [-0.3, -0.25) is 9.35 Å². The van der Waals surface area contributed by atoms with E-state index in [-0.39, 0.29) is 23.5 Å². The highest BCUT2D eigenvalue weighted by atomic mass is 32.3. The zero-order chi connectivity index (χ0) is 17.5. The predicted octanol–water partition coefficient (Wildman–Crippen LogP) is 1.99. The molecule has 1 heterocycles. The number of hydrogen-bond donors (Lipinski definition) is 3. The van der Waals surface area contributed by atoms with Crippen molar-refractivity contribution >= 4 is 16.2 Å². The molecule has 0 bridgehead atoms. The second kappa shape index (κ2) is 5.69. The molecule has 0 spiro atoms. The first-order valence-corrected chi connectivity index (χ1v) is 8.12. The summed E-state index contributed by atoms with van der Waals surface area (Å²) in [5, 5.41) is 19.2. The second-order valence-electron chi connectivity index (χ2n) is 5.15. The van der Waals surface area contributed by atoms with Gasteiger partial charge in [0.1, 0.15) is 28.9 Å². The van der Waals surface area contributed by atoms with E-state index in [4.69, 9.17) is 9.29 Å². The van der Waals surface area contributed by atoms with Gasteiger partial charge in [-0.25, -0.2) is 0 Å². The molecule has 24 heavy (non-hydrogen) atoms. The number of carbonyl (C=O) groups excluding carboxylic acids is 1. The lowest BCUT2D eigenvalue weighted by Crippen LogP contribution is -2.20. The average Bonchev–Trinajstić information content (AvgIpc) is 2.45. The van der Waals surface area contributed by atoms with Crippen molar-refractivity contribution in [2.45, 2.75) is 12.5 Å². The molecule has 0 amide bonds. The molecule has 0 saturated heterocycles. The van der Waals surface area contributed by atoms with Crippen molar-refractivity contribution in [2.24, 2.45) is 0 Å². The zero-order valence-corrected chi connectivity index (χ0v) is 12.9. The Balaban J connectivity index is 1.99. The Morgan fingerprint density at radius 3 is 2.42 bits per heavy atom. The molecule has 2 aromatic carbocycles. The van der Waals surface area contributed by atoms with Crippen molar-refractivity contribution in [1.29, 1.82) is 0 Å². The van der Waals surface area contributed by atoms with E-state index in [1.807, 2.05) is 0 Å². The monoisotopic (exact) mass is 352 g/mol. The lowest BCUT2D eigenvalue weighted by atomic mass is 9.95. The van der Waals surface area contributed by atoms with Gasteiger partial charge in [-0.1, -0.05) is 12.1 Å². The second-order valence-corrected chi connectivity index (χ2v) is 6.17. The topological polar surface area (TPSA) is 130 Å². The summed E-state index contributed by atoms with van der Waals surface area (Å²) < 4.78 is 40.2. The third-order valence-corrected chi connectivity index (χ3v) is 3.84. The summed E-state index contributed by atoms with van der Waals surface area (Å²) in [5.41, 5.74) is 0.528. The zero-order valence-electron chi connectivity index (χ0n) is 12.0. The maximum Gasteiger partial charge on any atom is 0.446 e. The lowest BCUT2D eigenvalue weighted by Gasteiger charge is -2.26. The smallest absolute Gasteiger partial charge is 0.446 e. The molecule has 1 atom stereocenters. The molecule has 126 valence electrons. The Labute approximate surface area is 136 Å². The molecule has 0 fully saturated rings. The number of phenolic OH excluding ortho intramolecular Hbond substituents is 2. The Morgan fingerprint density at radius 2 is 1.79 bits per heavy atom. The first-order valence-electron chi connectivity index (χ1n) is 6.75. The molecule has 1 aliphatic rings. The fraction of sp³-hybridized carbons (Fsp3) is 0.133. The number of ketones is 1. The number of rotatable bonds is 3. The molecule has 0 saturated carbocycles. The first-order chi connectivity index (χ1) is 11.2. The van der Waals surface area contributed by atoms with Gasteiger partial charge in [0.25, 0.3) is 0 Å². The van der Waals surface area contributed by atoms with E-state index in [2.05, 4.69) is 4.18 Å². The Hall–Kier alpha value is -2.78. The third kappa shape index (κ3) is 3.26. The van der Waals surface area contributed by atoms with Crippen LogP contribution in [-0.2, 0) is 10.4 Å². The molecule has 0 radical (unpaired) electrons. The van der Waals surface area contributed by atoms with Crippen LogP contribution in [0.4, 0.5) is 0 Å². The molecule has 0 aromatic heterocycles.